The predicted octanol–water partition coefficient (Wildman–Crippen LogP) is 4.75. The third-order valence-electron chi connectivity index (χ3n) is 3.46. The van der Waals surface area contributed by atoms with E-state index in [1.807, 2.05) is 36.4 Å². The second kappa shape index (κ2) is 10.00. The van der Waals surface area contributed by atoms with E-state index in [1.54, 1.807) is 12.1 Å². The van der Waals surface area contributed by atoms with Gasteiger partial charge in [-0.05, 0) is 55.0 Å². The molecule has 0 aliphatic heterocycles. The van der Waals surface area contributed by atoms with Gasteiger partial charge in [-0.25, -0.2) is 4.79 Å². The zero-order chi connectivity index (χ0) is 17.9. The van der Waals surface area contributed by atoms with Crippen molar-refractivity contribution >= 4 is 5.97 Å². The number of ether oxygens (including phenoxy) is 2. The molecule has 0 aliphatic carbocycles. The molecule has 25 heavy (non-hydrogen) atoms. The molecule has 3 nitrogen and oxygen atoms in total. The van der Waals surface area contributed by atoms with Crippen molar-refractivity contribution in [3.63, 3.8) is 0 Å². The summed E-state index contributed by atoms with van der Waals surface area (Å²) in [7, 11) is 0. The van der Waals surface area contributed by atoms with Gasteiger partial charge in [-0.2, -0.15) is 0 Å². The van der Waals surface area contributed by atoms with E-state index in [0.717, 1.165) is 36.0 Å². The molecule has 0 fully saturated rings. The van der Waals surface area contributed by atoms with Crippen LogP contribution in [0.4, 0.5) is 0 Å². The molecule has 0 N–H and O–H groups in total. The van der Waals surface area contributed by atoms with Crippen LogP contribution >= 0.6 is 0 Å². The first-order valence-corrected chi connectivity index (χ1v) is 8.40. The molecular weight excluding hydrogens is 312 g/mol. The van der Waals surface area contributed by atoms with Crippen LogP contribution in [-0.4, -0.2) is 12.6 Å². The first-order valence-electron chi connectivity index (χ1n) is 8.40. The molecule has 0 radical (unpaired) electrons. The average Bonchev–Trinajstić information content (AvgIpc) is 2.65. The van der Waals surface area contributed by atoms with Crippen molar-refractivity contribution in [2.75, 3.05) is 6.61 Å². The third kappa shape index (κ3) is 6.56. The monoisotopic (exact) mass is 334 g/mol. The second-order valence-electron chi connectivity index (χ2n) is 5.48. The lowest BCUT2D eigenvalue weighted by Crippen LogP contribution is -2.02. The van der Waals surface area contributed by atoms with E-state index in [1.165, 1.54) is 12.8 Å². The lowest BCUT2D eigenvalue weighted by atomic mass is 10.2. The Balaban J connectivity index is 1.91. The van der Waals surface area contributed by atoms with Crippen molar-refractivity contribution in [1.29, 1.82) is 0 Å². The summed E-state index contributed by atoms with van der Waals surface area (Å²) in [5.41, 5.74) is 1.77. The Kier molecular flexibility index (Phi) is 7.34. The van der Waals surface area contributed by atoms with Gasteiger partial charge < -0.3 is 9.47 Å². The lowest BCUT2D eigenvalue weighted by molar-refractivity contribution is -0.128. The molecule has 2 aromatic rings. The molecule has 0 atom stereocenters. The predicted molar refractivity (Wildman–Crippen MR) is 99.7 cm³/mol. The molecule has 0 spiro atoms. The Morgan fingerprint density at radius 3 is 2.04 bits per heavy atom. The van der Waals surface area contributed by atoms with Gasteiger partial charge in [0, 0.05) is 17.2 Å². The molecule has 0 aromatic heterocycles. The van der Waals surface area contributed by atoms with Crippen molar-refractivity contribution in [3.8, 4) is 23.3 Å². The summed E-state index contributed by atoms with van der Waals surface area (Å²) < 4.78 is 10.7. The summed E-state index contributed by atoms with van der Waals surface area (Å²) in [4.78, 5) is 11.1. The molecule has 2 rings (SSSR count). The van der Waals surface area contributed by atoms with Crippen molar-refractivity contribution in [3.05, 3.63) is 72.3 Å². The Hall–Kier alpha value is -2.99. The standard InChI is InChI=1S/C22H22O3/c1-3-5-6-17-24-20-13-9-18(10-14-20)7-8-19-11-15-21(16-12-19)25-22(23)4-2/h4,9-16H,2-3,5-6,17H2,1H3. The van der Waals surface area contributed by atoms with E-state index in [4.69, 9.17) is 9.47 Å². The van der Waals surface area contributed by atoms with Crippen LogP contribution in [0.5, 0.6) is 11.5 Å². The van der Waals surface area contributed by atoms with Crippen LogP contribution in [0.1, 0.15) is 37.3 Å². The Bertz CT molecular complexity index is 747. The van der Waals surface area contributed by atoms with E-state index in [2.05, 4.69) is 25.3 Å². The minimum Gasteiger partial charge on any atom is -0.494 e. The molecular formula is C22H22O3. The van der Waals surface area contributed by atoms with E-state index < -0.39 is 5.97 Å². The van der Waals surface area contributed by atoms with Gasteiger partial charge in [-0.3, -0.25) is 0 Å². The fourth-order valence-corrected chi connectivity index (χ4v) is 2.09. The number of unbranched alkanes of at least 4 members (excludes halogenated alkanes) is 2. The number of rotatable bonds is 7. The number of hydrogen-bond donors (Lipinski definition) is 0. The van der Waals surface area contributed by atoms with Crippen LogP contribution in [0.15, 0.2) is 61.2 Å². The molecule has 0 saturated carbocycles. The highest BCUT2D eigenvalue weighted by molar-refractivity contribution is 5.83. The van der Waals surface area contributed by atoms with Crippen molar-refractivity contribution < 1.29 is 14.3 Å². The highest BCUT2D eigenvalue weighted by Crippen LogP contribution is 2.14. The van der Waals surface area contributed by atoms with Crippen LogP contribution in [0.3, 0.4) is 0 Å². The van der Waals surface area contributed by atoms with Crippen molar-refractivity contribution in [1.82, 2.24) is 0 Å². The maximum absolute atomic E-state index is 11.1. The van der Waals surface area contributed by atoms with Crippen molar-refractivity contribution in [2.45, 2.75) is 26.2 Å². The zero-order valence-electron chi connectivity index (χ0n) is 14.5. The van der Waals surface area contributed by atoms with E-state index >= 15 is 0 Å². The molecule has 0 bridgehead atoms. The zero-order valence-corrected chi connectivity index (χ0v) is 14.5. The van der Waals surface area contributed by atoms with Crippen LogP contribution in [-0.2, 0) is 4.79 Å². The van der Waals surface area contributed by atoms with E-state index in [-0.39, 0.29) is 0 Å². The Morgan fingerprint density at radius 2 is 1.52 bits per heavy atom. The molecule has 0 unspecified atom stereocenters. The molecule has 2 aromatic carbocycles. The number of carbonyl (C=O) groups excluding carboxylic acids is 1. The fourth-order valence-electron chi connectivity index (χ4n) is 2.09. The molecule has 3 heteroatoms. The van der Waals surface area contributed by atoms with Gasteiger partial charge in [0.1, 0.15) is 11.5 Å². The number of carbonyl (C=O) groups is 1. The number of hydrogen-bond acceptors (Lipinski definition) is 3. The lowest BCUT2D eigenvalue weighted by Gasteiger charge is -2.05. The first-order chi connectivity index (χ1) is 12.2. The Labute approximate surface area is 149 Å². The van der Waals surface area contributed by atoms with Gasteiger partial charge >= 0.3 is 5.97 Å². The van der Waals surface area contributed by atoms with Gasteiger partial charge in [0.05, 0.1) is 6.61 Å². The fraction of sp³-hybridized carbons (Fsp3) is 0.227. The molecule has 128 valence electrons. The highest BCUT2D eigenvalue weighted by atomic mass is 16.5. The molecule has 0 saturated heterocycles. The maximum atomic E-state index is 11.1. The van der Waals surface area contributed by atoms with Gasteiger partial charge in [-0.1, -0.05) is 38.2 Å². The molecule has 0 aliphatic rings. The molecule has 0 amide bonds. The normalized spacial score (nSPS) is 9.64. The van der Waals surface area contributed by atoms with E-state index in [0.29, 0.717) is 5.75 Å². The van der Waals surface area contributed by atoms with Gasteiger partial charge in [0.15, 0.2) is 0 Å². The van der Waals surface area contributed by atoms with Crippen LogP contribution in [0.2, 0.25) is 0 Å². The van der Waals surface area contributed by atoms with E-state index in [9.17, 15) is 4.79 Å². The minimum atomic E-state index is -0.476. The topological polar surface area (TPSA) is 35.5 Å². The molecule has 0 heterocycles. The quantitative estimate of drug-likeness (QED) is 0.241. The van der Waals surface area contributed by atoms with Crippen LogP contribution in [0.25, 0.3) is 0 Å². The Morgan fingerprint density at radius 1 is 0.960 bits per heavy atom. The number of esters is 1. The summed E-state index contributed by atoms with van der Waals surface area (Å²) in [6.45, 7) is 6.29. The summed E-state index contributed by atoms with van der Waals surface area (Å²) >= 11 is 0. The van der Waals surface area contributed by atoms with Crippen LogP contribution < -0.4 is 9.47 Å². The van der Waals surface area contributed by atoms with Gasteiger partial charge in [0.2, 0.25) is 0 Å². The summed E-state index contributed by atoms with van der Waals surface area (Å²) in [6, 6.07) is 14.8. The highest BCUT2D eigenvalue weighted by Gasteiger charge is 1.99. The third-order valence-corrected chi connectivity index (χ3v) is 3.46. The summed E-state index contributed by atoms with van der Waals surface area (Å²) in [6.07, 6.45) is 4.59. The largest absolute Gasteiger partial charge is 0.494 e. The van der Waals surface area contributed by atoms with Gasteiger partial charge in [-0.15, -0.1) is 0 Å². The minimum absolute atomic E-state index is 0.472. The maximum Gasteiger partial charge on any atom is 0.335 e. The first kappa shape index (κ1) is 18.4. The second-order valence-corrected chi connectivity index (χ2v) is 5.48. The number of benzene rings is 2. The average molecular weight is 334 g/mol. The van der Waals surface area contributed by atoms with Gasteiger partial charge in [0.25, 0.3) is 0 Å². The van der Waals surface area contributed by atoms with Crippen molar-refractivity contribution in [2.24, 2.45) is 0 Å². The smallest absolute Gasteiger partial charge is 0.335 e. The summed E-state index contributed by atoms with van der Waals surface area (Å²) in [5, 5.41) is 0. The summed E-state index contributed by atoms with van der Waals surface area (Å²) in [5.74, 6) is 7.06. The van der Waals surface area contributed by atoms with Crippen LogP contribution in [0, 0.1) is 11.8 Å². The SMILES string of the molecule is C=CC(=O)Oc1ccc(C#Cc2ccc(OCCCCC)cc2)cc1.